The molecule has 0 unspecified atom stereocenters. The Morgan fingerprint density at radius 1 is 1.11 bits per heavy atom. The fourth-order valence-electron chi connectivity index (χ4n) is 4.31. The molecular weight excluding hydrogens is 498 g/mol. The summed E-state index contributed by atoms with van der Waals surface area (Å²) in [6.07, 6.45) is 1.36. The molecule has 4 amide bonds. The Kier molecular flexibility index (Phi) is 6.57. The number of benzene rings is 2. The molecule has 1 N–H and O–H groups in total. The second-order valence-corrected chi connectivity index (χ2v) is 9.17. The van der Waals surface area contributed by atoms with Crippen molar-refractivity contribution in [3.05, 3.63) is 64.7 Å². The molecular formula is C25H23N5O6S. The van der Waals surface area contributed by atoms with Gasteiger partial charge in [0.05, 0.1) is 31.0 Å². The number of hydrogen-bond donors (Lipinski definition) is 1. The minimum atomic E-state index is -1.12. The number of carbonyl (C=O) groups is 4. The largest absolute Gasteiger partial charge is 0.497 e. The Hall–Kier alpha value is -4.32. The van der Waals surface area contributed by atoms with E-state index in [1.165, 1.54) is 19.1 Å². The van der Waals surface area contributed by atoms with E-state index in [4.69, 9.17) is 9.47 Å². The van der Waals surface area contributed by atoms with Crippen molar-refractivity contribution < 1.29 is 28.7 Å². The second-order valence-electron chi connectivity index (χ2n) is 8.56. The van der Waals surface area contributed by atoms with E-state index in [0.29, 0.717) is 30.0 Å². The zero-order valence-electron chi connectivity index (χ0n) is 20.0. The van der Waals surface area contributed by atoms with Gasteiger partial charge in [-0.3, -0.25) is 24.1 Å². The van der Waals surface area contributed by atoms with Gasteiger partial charge in [-0.15, -0.1) is 5.10 Å². The minimum Gasteiger partial charge on any atom is -0.497 e. The summed E-state index contributed by atoms with van der Waals surface area (Å²) in [5.41, 5.74) is 1.17. The Morgan fingerprint density at radius 3 is 2.38 bits per heavy atom. The summed E-state index contributed by atoms with van der Waals surface area (Å²) in [5.74, 6) is -1.22. The van der Waals surface area contributed by atoms with Crippen LogP contribution in [0.25, 0.3) is 0 Å². The molecule has 2 aliphatic rings. The number of fused-ring (bicyclic) bond motifs is 1. The Morgan fingerprint density at radius 2 is 1.81 bits per heavy atom. The fourth-order valence-corrected chi connectivity index (χ4v) is 4.78. The molecule has 1 aromatic heterocycles. The van der Waals surface area contributed by atoms with Gasteiger partial charge in [0, 0.05) is 17.5 Å². The molecule has 1 saturated carbocycles. The molecule has 3 aromatic rings. The topological polar surface area (TPSA) is 131 Å². The molecule has 1 atom stereocenters. The van der Waals surface area contributed by atoms with Gasteiger partial charge in [-0.05, 0) is 48.6 Å². The van der Waals surface area contributed by atoms with Crippen LogP contribution in [0.2, 0.25) is 0 Å². The molecule has 2 heterocycles. The van der Waals surface area contributed by atoms with Crippen molar-refractivity contribution in [2.75, 3.05) is 26.1 Å². The monoisotopic (exact) mass is 521 g/mol. The van der Waals surface area contributed by atoms with Gasteiger partial charge in [-0.1, -0.05) is 16.6 Å². The lowest BCUT2D eigenvalue weighted by molar-refractivity contribution is -0.140. The van der Waals surface area contributed by atoms with Crippen LogP contribution in [0.3, 0.4) is 0 Å². The van der Waals surface area contributed by atoms with E-state index in [-0.39, 0.29) is 22.9 Å². The number of anilines is 1. The second kappa shape index (κ2) is 9.97. The molecule has 5 rings (SSSR count). The van der Waals surface area contributed by atoms with E-state index in [2.05, 4.69) is 14.9 Å². The van der Waals surface area contributed by atoms with E-state index >= 15 is 0 Å². The van der Waals surface area contributed by atoms with Crippen LogP contribution in [-0.2, 0) is 9.59 Å². The lowest BCUT2D eigenvalue weighted by Crippen LogP contribution is -2.48. The third-order valence-corrected chi connectivity index (χ3v) is 6.77. The Bertz CT molecular complexity index is 1340. The van der Waals surface area contributed by atoms with Crippen LogP contribution in [-0.4, -0.2) is 69.8 Å². The fraction of sp³-hybridized carbons (Fsp3) is 0.280. The molecule has 190 valence electrons. The minimum absolute atomic E-state index is 0.238. The van der Waals surface area contributed by atoms with Gasteiger partial charge in [-0.2, -0.15) is 0 Å². The lowest BCUT2D eigenvalue weighted by Gasteiger charge is -2.31. The SMILES string of the molecule is COc1ccc(NC(=O)[C@H](c2csnn2)N(C(=O)CN2C(=O)c3ccccc3C2=O)C2CC2)c(OC)c1. The first-order chi connectivity index (χ1) is 17.9. The van der Waals surface area contributed by atoms with Crippen LogP contribution in [0.15, 0.2) is 47.8 Å². The highest BCUT2D eigenvalue weighted by Gasteiger charge is 2.45. The van der Waals surface area contributed by atoms with E-state index in [0.717, 1.165) is 16.4 Å². The maximum absolute atomic E-state index is 13.7. The smallest absolute Gasteiger partial charge is 0.262 e. The molecule has 12 heteroatoms. The van der Waals surface area contributed by atoms with Crippen molar-refractivity contribution in [2.24, 2.45) is 0 Å². The summed E-state index contributed by atoms with van der Waals surface area (Å²) < 4.78 is 14.5. The van der Waals surface area contributed by atoms with Gasteiger partial charge in [0.2, 0.25) is 5.91 Å². The summed E-state index contributed by atoms with van der Waals surface area (Å²) in [5, 5.41) is 8.49. The first-order valence-corrected chi connectivity index (χ1v) is 12.3. The molecule has 0 radical (unpaired) electrons. The Balaban J connectivity index is 1.43. The summed E-state index contributed by atoms with van der Waals surface area (Å²) in [4.78, 5) is 55.3. The molecule has 11 nitrogen and oxygen atoms in total. The molecule has 0 spiro atoms. The maximum Gasteiger partial charge on any atom is 0.262 e. The van der Waals surface area contributed by atoms with Crippen LogP contribution in [0, 0.1) is 0 Å². The van der Waals surface area contributed by atoms with Gasteiger partial charge >= 0.3 is 0 Å². The zero-order chi connectivity index (χ0) is 26.1. The number of methoxy groups -OCH3 is 2. The summed E-state index contributed by atoms with van der Waals surface area (Å²) in [6, 6.07) is 10.00. The van der Waals surface area contributed by atoms with Gasteiger partial charge < -0.3 is 19.7 Å². The first-order valence-electron chi connectivity index (χ1n) is 11.5. The molecule has 0 bridgehead atoms. The predicted octanol–water partition coefficient (Wildman–Crippen LogP) is 2.52. The number of amides is 4. The number of nitrogens with one attached hydrogen (secondary N) is 1. The summed E-state index contributed by atoms with van der Waals surface area (Å²) in [7, 11) is 2.99. The number of ether oxygens (including phenoxy) is 2. The first kappa shape index (κ1) is 24.4. The predicted molar refractivity (Wildman–Crippen MR) is 133 cm³/mol. The number of imide groups is 1. The molecule has 37 heavy (non-hydrogen) atoms. The average Bonchev–Trinajstić information content (AvgIpc) is 3.55. The molecule has 1 fully saturated rings. The van der Waals surface area contributed by atoms with Crippen LogP contribution in [0.5, 0.6) is 11.5 Å². The van der Waals surface area contributed by atoms with E-state index < -0.39 is 36.2 Å². The van der Waals surface area contributed by atoms with Crippen LogP contribution in [0.1, 0.15) is 45.3 Å². The third-order valence-electron chi connectivity index (χ3n) is 6.25. The highest BCUT2D eigenvalue weighted by atomic mass is 32.1. The van der Waals surface area contributed by atoms with Gasteiger partial charge in [-0.25, -0.2) is 0 Å². The van der Waals surface area contributed by atoms with Crippen molar-refractivity contribution in [3.63, 3.8) is 0 Å². The summed E-state index contributed by atoms with van der Waals surface area (Å²) in [6.45, 7) is -0.490. The van der Waals surface area contributed by atoms with Crippen LogP contribution in [0.4, 0.5) is 5.69 Å². The standard InChI is InChI=1S/C25H23N5O6S/c1-35-15-9-10-18(20(11-15)36-2)26-23(32)22(19-13-37-28-27-19)30(14-7-8-14)21(31)12-29-24(33)16-5-3-4-6-17(16)25(29)34/h3-6,9-11,13-14,22H,7-8,12H2,1-2H3,(H,26,32)/t22-/m0/s1. The van der Waals surface area contributed by atoms with E-state index in [9.17, 15) is 19.2 Å². The highest BCUT2D eigenvalue weighted by molar-refractivity contribution is 7.03. The van der Waals surface area contributed by atoms with Gasteiger partial charge in [0.25, 0.3) is 17.7 Å². The van der Waals surface area contributed by atoms with E-state index in [1.807, 2.05) is 0 Å². The number of carbonyl (C=O) groups excluding carboxylic acids is 4. The number of aromatic nitrogens is 2. The number of hydrogen-bond acceptors (Lipinski definition) is 9. The van der Waals surface area contributed by atoms with Crippen molar-refractivity contribution in [3.8, 4) is 11.5 Å². The van der Waals surface area contributed by atoms with Crippen LogP contribution < -0.4 is 14.8 Å². The molecule has 0 saturated heterocycles. The maximum atomic E-state index is 13.7. The lowest BCUT2D eigenvalue weighted by atomic mass is 10.1. The van der Waals surface area contributed by atoms with Gasteiger partial charge in [0.1, 0.15) is 23.7 Å². The van der Waals surface area contributed by atoms with E-state index in [1.54, 1.807) is 47.8 Å². The average molecular weight is 522 g/mol. The quantitative estimate of drug-likeness (QED) is 0.425. The highest BCUT2D eigenvalue weighted by Crippen LogP contribution is 2.37. The third kappa shape index (κ3) is 4.62. The zero-order valence-corrected chi connectivity index (χ0v) is 20.9. The number of nitrogens with zero attached hydrogens (tertiary/aromatic N) is 4. The summed E-state index contributed by atoms with van der Waals surface area (Å²) >= 11 is 1.05. The normalized spacial score (nSPS) is 15.2. The van der Waals surface area contributed by atoms with Crippen LogP contribution >= 0.6 is 11.5 Å². The van der Waals surface area contributed by atoms with Crippen molar-refractivity contribution in [1.82, 2.24) is 19.4 Å². The molecule has 1 aliphatic carbocycles. The molecule has 1 aliphatic heterocycles. The van der Waals surface area contributed by atoms with Gasteiger partial charge in [0.15, 0.2) is 6.04 Å². The Labute approximate surface area is 216 Å². The van der Waals surface area contributed by atoms with Crippen molar-refractivity contribution >= 4 is 40.8 Å². The van der Waals surface area contributed by atoms with Crippen molar-refractivity contribution in [2.45, 2.75) is 24.9 Å². The van der Waals surface area contributed by atoms with Crippen molar-refractivity contribution in [1.29, 1.82) is 0 Å². The molecule has 2 aromatic carbocycles. The number of rotatable bonds is 9.